The molecule has 0 bridgehead atoms. The molecular weight excluding hydrogens is 473 g/mol. The first-order chi connectivity index (χ1) is 16.8. The van der Waals surface area contributed by atoms with Crippen molar-refractivity contribution in [3.8, 4) is 11.1 Å². The lowest BCUT2D eigenvalue weighted by molar-refractivity contribution is -0.130. The van der Waals surface area contributed by atoms with Gasteiger partial charge in [0.15, 0.2) is 9.84 Å². The first-order valence-corrected chi connectivity index (χ1v) is 13.3. The molecule has 10 nitrogen and oxygen atoms in total. The maximum absolute atomic E-state index is 14.4. The van der Waals surface area contributed by atoms with Crippen LogP contribution < -0.4 is 10.2 Å². The normalized spacial score (nSPS) is 19.4. The predicted molar refractivity (Wildman–Crippen MR) is 128 cm³/mol. The first-order valence-electron chi connectivity index (χ1n) is 11.4. The minimum Gasteiger partial charge on any atom is -0.371 e. The molecule has 3 aromatic rings. The van der Waals surface area contributed by atoms with Gasteiger partial charge in [-0.15, -0.1) is 0 Å². The van der Waals surface area contributed by atoms with E-state index in [0.29, 0.717) is 18.9 Å². The van der Waals surface area contributed by atoms with Crippen LogP contribution >= 0.6 is 0 Å². The zero-order valence-electron chi connectivity index (χ0n) is 19.2. The number of nitrogens with one attached hydrogen (secondary N) is 2. The highest BCUT2D eigenvalue weighted by molar-refractivity contribution is 7.90. The molecule has 2 fully saturated rings. The van der Waals surface area contributed by atoms with Crippen LogP contribution in [0.2, 0.25) is 0 Å². The molecule has 0 radical (unpaired) electrons. The predicted octanol–water partition coefficient (Wildman–Crippen LogP) is 2.09. The van der Waals surface area contributed by atoms with Crippen LogP contribution in [0.25, 0.3) is 11.1 Å². The molecule has 1 aromatic carbocycles. The molecule has 4 heterocycles. The van der Waals surface area contributed by atoms with Crippen LogP contribution in [0, 0.1) is 5.82 Å². The Labute approximate surface area is 202 Å². The highest BCUT2D eigenvalue weighted by Crippen LogP contribution is 2.27. The number of aromatic amines is 1. The number of halogens is 1. The molecule has 12 heteroatoms. The molecule has 2 aliphatic rings. The van der Waals surface area contributed by atoms with Gasteiger partial charge in [-0.1, -0.05) is 0 Å². The van der Waals surface area contributed by atoms with Gasteiger partial charge in [-0.05, 0) is 37.5 Å². The summed E-state index contributed by atoms with van der Waals surface area (Å²) in [6.07, 6.45) is 10.2. The van der Waals surface area contributed by atoms with E-state index in [1.807, 2.05) is 4.90 Å². The number of aromatic nitrogens is 4. The molecule has 0 spiro atoms. The van der Waals surface area contributed by atoms with Crippen LogP contribution in [0.5, 0.6) is 0 Å². The van der Waals surface area contributed by atoms with E-state index in [9.17, 15) is 17.6 Å². The van der Waals surface area contributed by atoms with Gasteiger partial charge in [0.25, 0.3) is 0 Å². The molecule has 35 heavy (non-hydrogen) atoms. The Hall–Kier alpha value is -3.54. The number of likely N-dealkylation sites (tertiary alicyclic amines) is 1. The number of anilines is 2. The Balaban J connectivity index is 1.17. The fraction of sp³-hybridized carbons (Fsp3) is 0.391. The van der Waals surface area contributed by atoms with E-state index in [0.717, 1.165) is 49.4 Å². The lowest BCUT2D eigenvalue weighted by Crippen LogP contribution is -2.47. The fourth-order valence-corrected chi connectivity index (χ4v) is 5.28. The standard InChI is InChI=1S/C23H26FN7O3S/c1-35(33,34)18-2-3-20(19(24)10-18)29-21-6-9-31(22(21)32)17-4-7-30(8-5-17)23-25-11-15(12-26-23)16-13-27-28-14-16/h2-3,10-14,17,21,29H,4-9H2,1H3,(H,27,28)/t21-/m0/s1. The lowest BCUT2D eigenvalue weighted by Gasteiger charge is -2.36. The molecule has 1 amide bonds. The van der Waals surface area contributed by atoms with Gasteiger partial charge in [0.2, 0.25) is 11.9 Å². The number of hydrogen-bond donors (Lipinski definition) is 2. The molecule has 0 saturated carbocycles. The second-order valence-electron chi connectivity index (χ2n) is 8.91. The summed E-state index contributed by atoms with van der Waals surface area (Å²) in [5, 5.41) is 9.67. The molecule has 1 atom stereocenters. The maximum Gasteiger partial charge on any atom is 0.245 e. The zero-order chi connectivity index (χ0) is 24.6. The topological polar surface area (TPSA) is 124 Å². The van der Waals surface area contributed by atoms with Crippen LogP contribution in [-0.2, 0) is 14.6 Å². The van der Waals surface area contributed by atoms with Gasteiger partial charge in [-0.25, -0.2) is 22.8 Å². The van der Waals surface area contributed by atoms with Crippen molar-refractivity contribution in [2.75, 3.05) is 36.1 Å². The van der Waals surface area contributed by atoms with Crippen molar-refractivity contribution < 1.29 is 17.6 Å². The van der Waals surface area contributed by atoms with E-state index in [-0.39, 0.29) is 22.5 Å². The Bertz CT molecular complexity index is 1310. The number of H-pyrrole nitrogens is 1. The minimum atomic E-state index is -3.50. The van der Waals surface area contributed by atoms with Crippen molar-refractivity contribution in [3.63, 3.8) is 0 Å². The van der Waals surface area contributed by atoms with Crippen molar-refractivity contribution >= 4 is 27.4 Å². The molecule has 184 valence electrons. The zero-order valence-corrected chi connectivity index (χ0v) is 20.0. The van der Waals surface area contributed by atoms with Crippen LogP contribution in [0.3, 0.4) is 0 Å². The highest BCUT2D eigenvalue weighted by Gasteiger charge is 2.37. The van der Waals surface area contributed by atoms with Crippen LogP contribution in [0.4, 0.5) is 16.0 Å². The van der Waals surface area contributed by atoms with E-state index in [1.54, 1.807) is 24.8 Å². The Morgan fingerprint density at radius 3 is 2.43 bits per heavy atom. The van der Waals surface area contributed by atoms with E-state index < -0.39 is 21.7 Å². The average Bonchev–Trinajstić information content (AvgIpc) is 3.51. The third kappa shape index (κ3) is 4.83. The number of carbonyl (C=O) groups excluding carboxylic acids is 1. The molecular formula is C23H26FN7O3S. The monoisotopic (exact) mass is 499 g/mol. The van der Waals surface area contributed by atoms with E-state index in [4.69, 9.17) is 0 Å². The van der Waals surface area contributed by atoms with E-state index in [1.165, 1.54) is 12.1 Å². The van der Waals surface area contributed by atoms with Gasteiger partial charge in [0.05, 0.1) is 16.8 Å². The molecule has 2 aromatic heterocycles. The Morgan fingerprint density at radius 2 is 1.80 bits per heavy atom. The van der Waals surface area contributed by atoms with Crippen molar-refractivity contribution in [1.29, 1.82) is 0 Å². The van der Waals surface area contributed by atoms with Gasteiger partial charge in [0.1, 0.15) is 11.9 Å². The van der Waals surface area contributed by atoms with Crippen molar-refractivity contribution in [3.05, 3.63) is 48.8 Å². The first kappa shape index (κ1) is 23.2. The summed E-state index contributed by atoms with van der Waals surface area (Å²) in [7, 11) is -3.50. The summed E-state index contributed by atoms with van der Waals surface area (Å²) >= 11 is 0. The smallest absolute Gasteiger partial charge is 0.245 e. The summed E-state index contributed by atoms with van der Waals surface area (Å²) in [6, 6.07) is 3.27. The SMILES string of the molecule is CS(=O)(=O)c1ccc(N[C@H]2CCN(C3CCN(c4ncc(-c5cn[nH]c5)cn4)CC3)C2=O)c(F)c1. The number of nitrogens with zero attached hydrogens (tertiary/aromatic N) is 5. The Kier molecular flexibility index (Phi) is 6.13. The fourth-order valence-electron chi connectivity index (χ4n) is 4.65. The largest absolute Gasteiger partial charge is 0.371 e. The third-order valence-electron chi connectivity index (χ3n) is 6.60. The van der Waals surface area contributed by atoms with E-state index >= 15 is 0 Å². The van der Waals surface area contributed by atoms with Gasteiger partial charge >= 0.3 is 0 Å². The van der Waals surface area contributed by atoms with E-state index in [2.05, 4.69) is 30.4 Å². The van der Waals surface area contributed by atoms with Crippen molar-refractivity contribution in [2.24, 2.45) is 0 Å². The number of piperidine rings is 1. The highest BCUT2D eigenvalue weighted by atomic mass is 32.2. The third-order valence-corrected chi connectivity index (χ3v) is 7.71. The summed E-state index contributed by atoms with van der Waals surface area (Å²) in [5.41, 5.74) is 1.95. The molecule has 0 aliphatic carbocycles. The number of sulfone groups is 1. The second kappa shape index (κ2) is 9.25. The van der Waals surface area contributed by atoms with Crippen molar-refractivity contribution in [2.45, 2.75) is 36.2 Å². The second-order valence-corrected chi connectivity index (χ2v) is 10.9. The number of amides is 1. The van der Waals surface area contributed by atoms with Gasteiger partial charge in [-0.3, -0.25) is 9.89 Å². The summed E-state index contributed by atoms with van der Waals surface area (Å²) < 4.78 is 37.7. The van der Waals surface area contributed by atoms with Crippen LogP contribution in [0.1, 0.15) is 19.3 Å². The quantitative estimate of drug-likeness (QED) is 0.528. The summed E-state index contributed by atoms with van der Waals surface area (Å²) in [4.78, 5) is 25.9. The minimum absolute atomic E-state index is 0.0595. The van der Waals surface area contributed by atoms with Crippen LogP contribution in [-0.4, -0.2) is 77.4 Å². The Morgan fingerprint density at radius 1 is 1.06 bits per heavy atom. The van der Waals surface area contributed by atoms with Gasteiger partial charge in [-0.2, -0.15) is 5.10 Å². The molecule has 5 rings (SSSR count). The summed E-state index contributed by atoms with van der Waals surface area (Å²) in [6.45, 7) is 2.07. The number of hydrogen-bond acceptors (Lipinski definition) is 8. The number of rotatable bonds is 6. The molecule has 2 saturated heterocycles. The van der Waals surface area contributed by atoms with Crippen LogP contribution in [0.15, 0.2) is 47.9 Å². The number of benzene rings is 1. The molecule has 2 aliphatic heterocycles. The maximum atomic E-state index is 14.4. The number of carbonyl (C=O) groups is 1. The lowest BCUT2D eigenvalue weighted by atomic mass is 10.0. The average molecular weight is 500 g/mol. The van der Waals surface area contributed by atoms with Gasteiger partial charge < -0.3 is 15.1 Å². The van der Waals surface area contributed by atoms with Gasteiger partial charge in [0, 0.05) is 61.6 Å². The summed E-state index contributed by atoms with van der Waals surface area (Å²) in [5.74, 6) is -0.0852. The molecule has 2 N–H and O–H groups in total. The van der Waals surface area contributed by atoms with Crippen molar-refractivity contribution in [1.82, 2.24) is 25.1 Å². The molecule has 0 unspecified atom stereocenters.